The Balaban J connectivity index is 1.40. The van der Waals surface area contributed by atoms with E-state index in [1.165, 1.54) is 5.56 Å². The van der Waals surface area contributed by atoms with E-state index in [1.807, 2.05) is 24.5 Å². The second-order valence-electron chi connectivity index (χ2n) is 11.2. The maximum atomic E-state index is 13.7. The molecule has 5 rings (SSSR count). The van der Waals surface area contributed by atoms with Crippen molar-refractivity contribution in [2.75, 3.05) is 26.2 Å². The smallest absolute Gasteiger partial charge is 0.244 e. The first-order chi connectivity index (χ1) is 20.3. The molecule has 1 saturated heterocycles. The van der Waals surface area contributed by atoms with E-state index in [-0.39, 0.29) is 23.6 Å². The molecular formula is C32H37BrClN5O3. The number of amides is 2. The minimum atomic E-state index is -0.641. The second kappa shape index (κ2) is 14.1. The fraction of sp³-hybridized carbons (Fsp3) is 0.469. The largest absolute Gasteiger partial charge is 0.354 e. The van der Waals surface area contributed by atoms with Crippen LogP contribution in [0.3, 0.4) is 0 Å². The number of rotatable bonds is 10. The van der Waals surface area contributed by atoms with Crippen LogP contribution in [0.5, 0.6) is 0 Å². The fourth-order valence-corrected chi connectivity index (χ4v) is 6.72. The summed E-state index contributed by atoms with van der Waals surface area (Å²) in [6.07, 6.45) is 11.0. The molecule has 3 heterocycles. The highest BCUT2D eigenvalue weighted by atomic mass is 79.9. The summed E-state index contributed by atoms with van der Waals surface area (Å²) in [5.74, 6) is -0.0776. The van der Waals surface area contributed by atoms with Gasteiger partial charge in [-0.3, -0.25) is 24.5 Å². The number of carbonyl (C=O) groups is 3. The predicted octanol–water partition coefficient (Wildman–Crippen LogP) is 5.21. The van der Waals surface area contributed by atoms with Gasteiger partial charge in [0, 0.05) is 79.5 Å². The van der Waals surface area contributed by atoms with E-state index in [4.69, 9.17) is 16.6 Å². The lowest BCUT2D eigenvalue weighted by molar-refractivity contribution is -0.144. The third-order valence-corrected chi connectivity index (χ3v) is 8.92. The number of unbranched alkanes of at least 4 members (excludes halogenated alkanes) is 1. The lowest BCUT2D eigenvalue weighted by atomic mass is 9.95. The second-order valence-corrected chi connectivity index (χ2v) is 12.6. The molecule has 2 unspecified atom stereocenters. The van der Waals surface area contributed by atoms with Gasteiger partial charge in [-0.2, -0.15) is 0 Å². The molecule has 222 valence electrons. The Kier molecular flexibility index (Phi) is 10.2. The minimum absolute atomic E-state index is 0.0445. The Hall–Kier alpha value is -2.88. The molecule has 1 aromatic heterocycles. The summed E-state index contributed by atoms with van der Waals surface area (Å²) in [5, 5.41) is 3.78. The molecular weight excluding hydrogens is 618 g/mol. The van der Waals surface area contributed by atoms with Crippen LogP contribution in [0.2, 0.25) is 5.02 Å². The molecule has 2 amide bonds. The van der Waals surface area contributed by atoms with E-state index in [0.717, 1.165) is 46.3 Å². The Labute approximate surface area is 260 Å². The standard InChI is InChI=1S/C32H37BrClN5O3/c1-21(40)5-2-3-7-29(41)39-16-15-38(20-28(39)32(42)36-14-12-26-6-4-13-35-26)31-27-11-10-25(34)18-22(27)8-9-23-17-24(33)19-37-30(23)31/h6,10-11,13,17-19,28,31H,2-5,7-9,12,14-16,20H2,1H3,(H,36,42). The van der Waals surface area contributed by atoms with Gasteiger partial charge < -0.3 is 15.0 Å². The van der Waals surface area contributed by atoms with Crippen LogP contribution in [-0.2, 0) is 27.2 Å². The van der Waals surface area contributed by atoms with Gasteiger partial charge in [0.05, 0.1) is 11.7 Å². The van der Waals surface area contributed by atoms with Crippen molar-refractivity contribution in [1.82, 2.24) is 20.1 Å². The van der Waals surface area contributed by atoms with Crippen molar-refractivity contribution in [3.05, 3.63) is 74.1 Å². The van der Waals surface area contributed by atoms with Crippen molar-refractivity contribution in [2.45, 2.75) is 70.4 Å². The number of aliphatic imine (C=N–C) groups is 1. The summed E-state index contributed by atoms with van der Waals surface area (Å²) in [7, 11) is 0. The lowest BCUT2D eigenvalue weighted by Gasteiger charge is -2.44. The van der Waals surface area contributed by atoms with E-state index < -0.39 is 6.04 Å². The molecule has 42 heavy (non-hydrogen) atoms. The quantitative estimate of drug-likeness (QED) is 0.355. The predicted molar refractivity (Wildman–Crippen MR) is 168 cm³/mol. The van der Waals surface area contributed by atoms with Gasteiger partial charge in [-0.25, -0.2) is 0 Å². The van der Waals surface area contributed by atoms with Crippen molar-refractivity contribution in [3.63, 3.8) is 0 Å². The molecule has 1 aromatic carbocycles. The van der Waals surface area contributed by atoms with Crippen molar-refractivity contribution in [1.29, 1.82) is 0 Å². The van der Waals surface area contributed by atoms with Crippen LogP contribution in [-0.4, -0.2) is 70.8 Å². The van der Waals surface area contributed by atoms with Crippen LogP contribution in [0.4, 0.5) is 0 Å². The van der Waals surface area contributed by atoms with Gasteiger partial charge >= 0.3 is 0 Å². The van der Waals surface area contributed by atoms with Crippen LogP contribution in [0, 0.1) is 0 Å². The van der Waals surface area contributed by atoms with Gasteiger partial charge in [0.2, 0.25) is 11.8 Å². The maximum Gasteiger partial charge on any atom is 0.244 e. The highest BCUT2D eigenvalue weighted by molar-refractivity contribution is 9.10. The number of carbonyl (C=O) groups excluding carboxylic acids is 3. The van der Waals surface area contributed by atoms with Crippen molar-refractivity contribution in [2.24, 2.45) is 4.99 Å². The van der Waals surface area contributed by atoms with Gasteiger partial charge in [-0.15, -0.1) is 0 Å². The first-order valence-electron chi connectivity index (χ1n) is 14.7. The number of nitrogens with zero attached hydrogens (tertiary/aromatic N) is 4. The number of aromatic nitrogens is 1. The SMILES string of the molecule is CC(=O)CCCCC(=O)N1CCN(C2c3ccc(Cl)cc3CCc3cc(Br)cnc32)CC1C(=O)NCCC1=CCC=N1. The number of ketones is 1. The molecule has 8 nitrogen and oxygen atoms in total. The van der Waals surface area contributed by atoms with Crippen molar-refractivity contribution >= 4 is 51.3 Å². The molecule has 1 fully saturated rings. The third-order valence-electron chi connectivity index (χ3n) is 8.26. The number of hydrogen-bond acceptors (Lipinski definition) is 6. The summed E-state index contributed by atoms with van der Waals surface area (Å²) < 4.78 is 0.933. The number of pyridine rings is 1. The third kappa shape index (κ3) is 7.36. The number of nitrogens with one attached hydrogen (secondary N) is 1. The Morgan fingerprint density at radius 2 is 1.90 bits per heavy atom. The Morgan fingerprint density at radius 3 is 2.69 bits per heavy atom. The summed E-state index contributed by atoms with van der Waals surface area (Å²) in [4.78, 5) is 51.8. The van der Waals surface area contributed by atoms with Gasteiger partial charge in [0.1, 0.15) is 11.8 Å². The topological polar surface area (TPSA) is 95.0 Å². The zero-order chi connectivity index (χ0) is 29.6. The van der Waals surface area contributed by atoms with E-state index in [9.17, 15) is 14.4 Å². The number of allylic oxidation sites excluding steroid dienone is 1. The number of piperazine rings is 1. The molecule has 0 bridgehead atoms. The number of Topliss-reactive ketones (excluding diaryl/α,β-unsaturated/α-hetero) is 1. The highest BCUT2D eigenvalue weighted by Gasteiger charge is 2.40. The maximum absolute atomic E-state index is 13.7. The van der Waals surface area contributed by atoms with Crippen LogP contribution in [0.15, 0.2) is 51.7 Å². The number of aryl methyl sites for hydroxylation is 2. The van der Waals surface area contributed by atoms with Crippen LogP contribution < -0.4 is 5.32 Å². The Morgan fingerprint density at radius 1 is 1.10 bits per heavy atom. The Bertz CT molecular complexity index is 1360. The van der Waals surface area contributed by atoms with Gasteiger partial charge in [0.25, 0.3) is 0 Å². The monoisotopic (exact) mass is 653 g/mol. The summed E-state index contributed by atoms with van der Waals surface area (Å²) in [5.41, 5.74) is 5.44. The summed E-state index contributed by atoms with van der Waals surface area (Å²) in [6, 6.07) is 7.37. The molecule has 1 N–H and O–H groups in total. The number of halogens is 2. The first-order valence-corrected chi connectivity index (χ1v) is 15.9. The summed E-state index contributed by atoms with van der Waals surface area (Å²) in [6.45, 7) is 3.45. The summed E-state index contributed by atoms with van der Waals surface area (Å²) >= 11 is 10.0. The van der Waals surface area contributed by atoms with Gasteiger partial charge in [-0.1, -0.05) is 23.7 Å². The van der Waals surface area contributed by atoms with Crippen molar-refractivity contribution < 1.29 is 14.4 Å². The minimum Gasteiger partial charge on any atom is -0.354 e. The van der Waals surface area contributed by atoms with Gasteiger partial charge in [0.15, 0.2) is 0 Å². The average molecular weight is 655 g/mol. The number of hydrogen-bond donors (Lipinski definition) is 1. The molecule has 0 saturated carbocycles. The molecule has 2 aliphatic heterocycles. The highest BCUT2D eigenvalue weighted by Crippen LogP contribution is 2.38. The van der Waals surface area contributed by atoms with Crippen molar-refractivity contribution in [3.8, 4) is 0 Å². The van der Waals surface area contributed by atoms with Gasteiger partial charge in [-0.05, 0) is 83.4 Å². The van der Waals surface area contributed by atoms with Crippen LogP contribution >= 0.6 is 27.5 Å². The van der Waals surface area contributed by atoms with E-state index in [0.29, 0.717) is 63.3 Å². The van der Waals surface area contributed by atoms with Crippen LogP contribution in [0.1, 0.15) is 73.9 Å². The van der Waals surface area contributed by atoms with E-state index in [2.05, 4.69) is 49.3 Å². The molecule has 0 radical (unpaired) electrons. The normalized spacial score (nSPS) is 20.0. The van der Waals surface area contributed by atoms with E-state index >= 15 is 0 Å². The lowest BCUT2D eigenvalue weighted by Crippen LogP contribution is -2.61. The van der Waals surface area contributed by atoms with E-state index in [1.54, 1.807) is 11.8 Å². The number of fused-ring (bicyclic) bond motifs is 2. The number of benzene rings is 1. The molecule has 2 atom stereocenters. The molecule has 3 aliphatic rings. The molecule has 0 spiro atoms. The average Bonchev–Trinajstić information content (AvgIpc) is 3.44. The zero-order valence-corrected chi connectivity index (χ0v) is 26.3. The first kappa shape index (κ1) is 30.6. The fourth-order valence-electron chi connectivity index (χ4n) is 6.15. The molecule has 2 aromatic rings. The molecule has 10 heteroatoms. The zero-order valence-electron chi connectivity index (χ0n) is 24.0. The van der Waals surface area contributed by atoms with Crippen LogP contribution in [0.25, 0.3) is 0 Å². The molecule has 1 aliphatic carbocycles.